The highest BCUT2D eigenvalue weighted by molar-refractivity contribution is 5.86. The molecular formula is C9H18N2O2. The van der Waals surface area contributed by atoms with Crippen LogP contribution in [0.2, 0.25) is 0 Å². The van der Waals surface area contributed by atoms with Gasteiger partial charge in [-0.25, -0.2) is 0 Å². The Hall–Kier alpha value is -1.06. The van der Waals surface area contributed by atoms with Gasteiger partial charge in [0.25, 0.3) is 0 Å². The van der Waals surface area contributed by atoms with Crippen LogP contribution in [0.4, 0.5) is 0 Å². The molecule has 0 aromatic heterocycles. The summed E-state index contributed by atoms with van der Waals surface area (Å²) >= 11 is 0. The zero-order valence-corrected chi connectivity index (χ0v) is 8.68. The topological polar surface area (TPSA) is 58.2 Å². The first kappa shape index (κ1) is 11.9. The molecule has 13 heavy (non-hydrogen) atoms. The maximum Gasteiger partial charge on any atom is 0.242 e. The Morgan fingerprint density at radius 3 is 2.15 bits per heavy atom. The molecule has 0 saturated carbocycles. The Morgan fingerprint density at radius 2 is 1.77 bits per heavy atom. The standard InChI is InChI=1S/C9H18N2O2/c1-6(2)5-10-9(13)7(3)11-8(4)12/h6-7H,5H2,1-4H3,(H,10,13)(H,11,12)/t7-/m0/s1. The van der Waals surface area contributed by atoms with E-state index in [-0.39, 0.29) is 11.8 Å². The number of rotatable bonds is 4. The van der Waals surface area contributed by atoms with Gasteiger partial charge in [-0.2, -0.15) is 0 Å². The predicted octanol–water partition coefficient (Wildman–Crippen LogP) is 0.283. The van der Waals surface area contributed by atoms with Crippen molar-refractivity contribution in [3.8, 4) is 0 Å². The zero-order valence-electron chi connectivity index (χ0n) is 8.68. The summed E-state index contributed by atoms with van der Waals surface area (Å²) in [5, 5.41) is 5.25. The molecular weight excluding hydrogens is 168 g/mol. The maximum absolute atomic E-state index is 11.3. The van der Waals surface area contributed by atoms with Crippen LogP contribution in [0.3, 0.4) is 0 Å². The quantitative estimate of drug-likeness (QED) is 0.662. The van der Waals surface area contributed by atoms with E-state index in [1.165, 1.54) is 6.92 Å². The number of amides is 2. The summed E-state index contributed by atoms with van der Waals surface area (Å²) in [4.78, 5) is 21.9. The predicted molar refractivity (Wildman–Crippen MR) is 51.1 cm³/mol. The van der Waals surface area contributed by atoms with Gasteiger partial charge in [-0.3, -0.25) is 9.59 Å². The Labute approximate surface area is 79.1 Å². The molecule has 0 radical (unpaired) electrons. The lowest BCUT2D eigenvalue weighted by molar-refractivity contribution is -0.127. The largest absolute Gasteiger partial charge is 0.354 e. The van der Waals surface area contributed by atoms with Crippen LogP contribution in [0.25, 0.3) is 0 Å². The van der Waals surface area contributed by atoms with E-state index in [2.05, 4.69) is 10.6 Å². The molecule has 0 rings (SSSR count). The number of hydrogen-bond acceptors (Lipinski definition) is 2. The normalized spacial score (nSPS) is 12.4. The van der Waals surface area contributed by atoms with E-state index in [0.29, 0.717) is 12.5 Å². The fourth-order valence-corrected chi connectivity index (χ4v) is 0.828. The molecule has 0 bridgehead atoms. The molecule has 0 aliphatic rings. The van der Waals surface area contributed by atoms with Gasteiger partial charge < -0.3 is 10.6 Å². The molecule has 0 aliphatic heterocycles. The molecule has 0 aliphatic carbocycles. The van der Waals surface area contributed by atoms with Gasteiger partial charge in [0.1, 0.15) is 6.04 Å². The minimum atomic E-state index is -0.448. The number of carbonyl (C=O) groups excluding carboxylic acids is 2. The van der Waals surface area contributed by atoms with Crippen LogP contribution in [-0.2, 0) is 9.59 Å². The first-order chi connectivity index (χ1) is 5.93. The van der Waals surface area contributed by atoms with Gasteiger partial charge in [0.2, 0.25) is 11.8 Å². The van der Waals surface area contributed by atoms with Gasteiger partial charge in [0, 0.05) is 13.5 Å². The molecule has 0 aromatic rings. The van der Waals surface area contributed by atoms with Crippen LogP contribution >= 0.6 is 0 Å². The summed E-state index contributed by atoms with van der Waals surface area (Å²) in [6.07, 6.45) is 0. The van der Waals surface area contributed by atoms with Crippen LogP contribution in [0.5, 0.6) is 0 Å². The fraction of sp³-hybridized carbons (Fsp3) is 0.778. The van der Waals surface area contributed by atoms with E-state index in [1.54, 1.807) is 6.92 Å². The van der Waals surface area contributed by atoms with Crippen LogP contribution in [0.15, 0.2) is 0 Å². The molecule has 0 spiro atoms. The third-order valence-corrected chi connectivity index (χ3v) is 1.50. The number of hydrogen-bond donors (Lipinski definition) is 2. The van der Waals surface area contributed by atoms with Crippen LogP contribution in [0.1, 0.15) is 27.7 Å². The summed E-state index contributed by atoms with van der Waals surface area (Å²) in [5.74, 6) is 0.101. The van der Waals surface area contributed by atoms with Crippen molar-refractivity contribution in [2.24, 2.45) is 5.92 Å². The first-order valence-electron chi connectivity index (χ1n) is 4.48. The minimum absolute atomic E-state index is 0.135. The van der Waals surface area contributed by atoms with E-state index in [0.717, 1.165) is 0 Å². The molecule has 76 valence electrons. The van der Waals surface area contributed by atoms with Gasteiger partial charge in [0.15, 0.2) is 0 Å². The summed E-state index contributed by atoms with van der Waals surface area (Å²) < 4.78 is 0. The molecule has 2 N–H and O–H groups in total. The van der Waals surface area contributed by atoms with Gasteiger partial charge in [-0.15, -0.1) is 0 Å². The van der Waals surface area contributed by atoms with Gasteiger partial charge in [-0.05, 0) is 12.8 Å². The lowest BCUT2D eigenvalue weighted by Crippen LogP contribution is -2.44. The Bertz CT molecular complexity index is 190. The summed E-state index contributed by atoms with van der Waals surface area (Å²) in [6.45, 7) is 7.73. The Kier molecular flexibility index (Phi) is 5.11. The molecule has 4 nitrogen and oxygen atoms in total. The lowest BCUT2D eigenvalue weighted by atomic mass is 10.2. The third-order valence-electron chi connectivity index (χ3n) is 1.50. The molecule has 0 saturated heterocycles. The summed E-state index contributed by atoms with van der Waals surface area (Å²) in [5.41, 5.74) is 0. The second-order valence-electron chi connectivity index (χ2n) is 3.56. The zero-order chi connectivity index (χ0) is 10.4. The Morgan fingerprint density at radius 1 is 1.23 bits per heavy atom. The molecule has 0 unspecified atom stereocenters. The van der Waals surface area contributed by atoms with E-state index >= 15 is 0 Å². The monoisotopic (exact) mass is 186 g/mol. The highest BCUT2D eigenvalue weighted by Gasteiger charge is 2.12. The molecule has 1 atom stereocenters. The van der Waals surface area contributed by atoms with Crippen LogP contribution < -0.4 is 10.6 Å². The highest BCUT2D eigenvalue weighted by Crippen LogP contribution is 1.88. The average Bonchev–Trinajstić information content (AvgIpc) is 1.98. The summed E-state index contributed by atoms with van der Waals surface area (Å²) in [7, 11) is 0. The van der Waals surface area contributed by atoms with Crippen molar-refractivity contribution < 1.29 is 9.59 Å². The third kappa shape index (κ3) is 6.13. The van der Waals surface area contributed by atoms with Crippen molar-refractivity contribution >= 4 is 11.8 Å². The smallest absolute Gasteiger partial charge is 0.242 e. The van der Waals surface area contributed by atoms with Crippen molar-refractivity contribution in [3.63, 3.8) is 0 Å². The number of carbonyl (C=O) groups is 2. The summed E-state index contributed by atoms with van der Waals surface area (Å²) in [6, 6.07) is -0.448. The second kappa shape index (κ2) is 5.56. The maximum atomic E-state index is 11.3. The van der Waals surface area contributed by atoms with Crippen molar-refractivity contribution in [2.75, 3.05) is 6.54 Å². The molecule has 0 aromatic carbocycles. The average molecular weight is 186 g/mol. The van der Waals surface area contributed by atoms with E-state index in [1.807, 2.05) is 13.8 Å². The van der Waals surface area contributed by atoms with Gasteiger partial charge in [0.05, 0.1) is 0 Å². The van der Waals surface area contributed by atoms with Crippen molar-refractivity contribution in [1.82, 2.24) is 10.6 Å². The Balaban J connectivity index is 3.76. The minimum Gasteiger partial charge on any atom is -0.354 e. The number of nitrogens with one attached hydrogen (secondary N) is 2. The first-order valence-corrected chi connectivity index (χ1v) is 4.48. The molecule has 2 amide bonds. The van der Waals surface area contributed by atoms with Crippen molar-refractivity contribution in [3.05, 3.63) is 0 Å². The molecule has 0 heterocycles. The van der Waals surface area contributed by atoms with Gasteiger partial charge >= 0.3 is 0 Å². The van der Waals surface area contributed by atoms with Crippen LogP contribution in [-0.4, -0.2) is 24.4 Å². The van der Waals surface area contributed by atoms with E-state index in [4.69, 9.17) is 0 Å². The van der Waals surface area contributed by atoms with E-state index in [9.17, 15) is 9.59 Å². The van der Waals surface area contributed by atoms with Crippen molar-refractivity contribution in [1.29, 1.82) is 0 Å². The van der Waals surface area contributed by atoms with Crippen LogP contribution in [0, 0.1) is 5.92 Å². The second-order valence-corrected chi connectivity index (χ2v) is 3.56. The SMILES string of the molecule is CC(=O)N[C@@H](C)C(=O)NCC(C)C. The lowest BCUT2D eigenvalue weighted by Gasteiger charge is -2.13. The fourth-order valence-electron chi connectivity index (χ4n) is 0.828. The van der Waals surface area contributed by atoms with Gasteiger partial charge in [-0.1, -0.05) is 13.8 Å². The van der Waals surface area contributed by atoms with E-state index < -0.39 is 6.04 Å². The molecule has 0 fully saturated rings. The van der Waals surface area contributed by atoms with Crippen molar-refractivity contribution in [2.45, 2.75) is 33.7 Å². The highest BCUT2D eigenvalue weighted by atomic mass is 16.2. The molecule has 4 heteroatoms.